The molecule has 35 heavy (non-hydrogen) atoms. The van der Waals surface area contributed by atoms with E-state index in [1.807, 2.05) is 12.1 Å². The van der Waals surface area contributed by atoms with Crippen LogP contribution < -0.4 is 10.1 Å². The van der Waals surface area contributed by atoms with E-state index in [9.17, 15) is 15.2 Å². The zero-order valence-corrected chi connectivity index (χ0v) is 21.0. The van der Waals surface area contributed by atoms with Crippen molar-refractivity contribution in [2.75, 3.05) is 20.7 Å². The summed E-state index contributed by atoms with van der Waals surface area (Å²) in [5.41, 5.74) is 3.43. The van der Waals surface area contributed by atoms with E-state index >= 15 is 0 Å². The molecule has 0 spiro atoms. The molecule has 1 amide bonds. The van der Waals surface area contributed by atoms with Crippen molar-refractivity contribution in [2.24, 2.45) is 4.99 Å². The number of pyridine rings is 2. The monoisotopic (exact) mass is 509 g/mol. The van der Waals surface area contributed by atoms with E-state index in [0.29, 0.717) is 38.9 Å². The molecule has 2 heterocycles. The second-order valence-corrected chi connectivity index (χ2v) is 8.79. The summed E-state index contributed by atoms with van der Waals surface area (Å²) < 4.78 is 5.54. The third-order valence-corrected chi connectivity index (χ3v) is 6.15. The Bertz CT molecular complexity index is 1270. The van der Waals surface area contributed by atoms with E-state index in [1.165, 1.54) is 11.8 Å². The average Bonchev–Trinajstić information content (AvgIpc) is 2.87. The number of carbonyl (C=O) groups is 1. The molecule has 0 saturated heterocycles. The van der Waals surface area contributed by atoms with Crippen LogP contribution in [0.4, 0.5) is 0 Å². The smallest absolute Gasteiger partial charge is 0.269 e. The van der Waals surface area contributed by atoms with Crippen molar-refractivity contribution in [3.05, 3.63) is 70.1 Å². The van der Waals surface area contributed by atoms with E-state index in [4.69, 9.17) is 16.3 Å². The molecule has 1 atom stereocenters. The van der Waals surface area contributed by atoms with E-state index in [1.54, 1.807) is 57.7 Å². The molecule has 2 aromatic heterocycles. The number of carbonyl (C=O) groups excluding carboxylic acids is 1. The summed E-state index contributed by atoms with van der Waals surface area (Å²) in [4.78, 5) is 24.5. The molecular weight excluding hydrogens is 486 g/mol. The van der Waals surface area contributed by atoms with Crippen LogP contribution in [0, 0.1) is 11.3 Å². The molecule has 3 rings (SSSR count). The Morgan fingerprint density at radius 3 is 2.74 bits per heavy atom. The van der Waals surface area contributed by atoms with Gasteiger partial charge < -0.3 is 15.2 Å². The lowest BCUT2D eigenvalue weighted by atomic mass is 9.97. The lowest BCUT2D eigenvalue weighted by Gasteiger charge is -2.15. The summed E-state index contributed by atoms with van der Waals surface area (Å²) in [7, 11) is 3.17. The van der Waals surface area contributed by atoms with Crippen LogP contribution in [0.25, 0.3) is 11.1 Å². The van der Waals surface area contributed by atoms with Crippen LogP contribution >= 0.6 is 23.4 Å². The van der Waals surface area contributed by atoms with Gasteiger partial charge in [0, 0.05) is 43.4 Å². The highest BCUT2D eigenvalue weighted by molar-refractivity contribution is 7.98. The maximum atomic E-state index is 11.9. The SMILES string of the molecule is CN=Cc1c(Cl)nc(SCc2ccnc(C(=O)NC)c2)c(C#N)c1-c1ccc(OCC(C)O)cc1. The minimum absolute atomic E-state index is 0.176. The largest absolute Gasteiger partial charge is 0.491 e. The number of aliphatic hydroxyl groups is 1. The van der Waals surface area contributed by atoms with Crippen LogP contribution in [0.1, 0.15) is 34.1 Å². The van der Waals surface area contributed by atoms with Crippen LogP contribution in [0.3, 0.4) is 0 Å². The predicted molar refractivity (Wildman–Crippen MR) is 137 cm³/mol. The molecular formula is C25H24ClN5O3S. The van der Waals surface area contributed by atoms with Gasteiger partial charge in [0.05, 0.1) is 11.7 Å². The molecule has 0 aliphatic heterocycles. The first-order chi connectivity index (χ1) is 16.9. The minimum atomic E-state index is -0.585. The van der Waals surface area contributed by atoms with Crippen LogP contribution in [-0.4, -0.2) is 54.0 Å². The summed E-state index contributed by atoms with van der Waals surface area (Å²) in [5, 5.41) is 22.8. The Morgan fingerprint density at radius 1 is 1.37 bits per heavy atom. The van der Waals surface area contributed by atoms with Crippen molar-refractivity contribution in [1.82, 2.24) is 15.3 Å². The molecule has 0 aliphatic rings. The van der Waals surface area contributed by atoms with Gasteiger partial charge in [0.2, 0.25) is 0 Å². The first-order valence-corrected chi connectivity index (χ1v) is 12.0. The number of halogens is 1. The number of rotatable bonds is 9. The van der Waals surface area contributed by atoms with Crippen molar-refractivity contribution in [2.45, 2.75) is 23.8 Å². The molecule has 0 bridgehead atoms. The van der Waals surface area contributed by atoms with Crippen molar-refractivity contribution in [1.29, 1.82) is 5.26 Å². The number of amides is 1. The number of aromatic nitrogens is 2. The molecule has 180 valence electrons. The fourth-order valence-corrected chi connectivity index (χ4v) is 4.42. The molecule has 0 fully saturated rings. The van der Waals surface area contributed by atoms with Gasteiger partial charge >= 0.3 is 0 Å². The second kappa shape index (κ2) is 12.3. The summed E-state index contributed by atoms with van der Waals surface area (Å²) in [6, 6.07) is 13.0. The van der Waals surface area contributed by atoms with Gasteiger partial charge in [-0.05, 0) is 42.3 Å². The number of nitriles is 1. The van der Waals surface area contributed by atoms with Crippen LogP contribution in [0.2, 0.25) is 5.15 Å². The number of aliphatic hydroxyl groups excluding tert-OH is 1. The lowest BCUT2D eigenvalue weighted by Crippen LogP contribution is -2.19. The van der Waals surface area contributed by atoms with E-state index < -0.39 is 6.10 Å². The number of ether oxygens (including phenoxy) is 1. The molecule has 1 unspecified atom stereocenters. The normalized spacial score (nSPS) is 11.8. The van der Waals surface area contributed by atoms with Crippen molar-refractivity contribution < 1.29 is 14.6 Å². The molecule has 0 aliphatic carbocycles. The van der Waals surface area contributed by atoms with Gasteiger partial charge in [-0.15, -0.1) is 11.8 Å². The second-order valence-electron chi connectivity index (χ2n) is 7.47. The Kier molecular flexibility index (Phi) is 9.20. The molecule has 8 nitrogen and oxygen atoms in total. The highest BCUT2D eigenvalue weighted by Crippen LogP contribution is 2.37. The number of hydrogen-bond donors (Lipinski definition) is 2. The van der Waals surface area contributed by atoms with Crippen LogP contribution in [0.15, 0.2) is 52.6 Å². The van der Waals surface area contributed by atoms with E-state index in [0.717, 1.165) is 11.1 Å². The Hall–Kier alpha value is -3.45. The first kappa shape index (κ1) is 26.2. The fraction of sp³-hybridized carbons (Fsp3) is 0.240. The predicted octanol–water partition coefficient (Wildman–Crippen LogP) is 4.13. The highest BCUT2D eigenvalue weighted by atomic mass is 35.5. The third-order valence-electron chi connectivity index (χ3n) is 4.82. The summed E-state index contributed by atoms with van der Waals surface area (Å²) in [5.74, 6) is 0.775. The molecule has 0 saturated carbocycles. The van der Waals surface area contributed by atoms with Crippen LogP contribution in [-0.2, 0) is 5.75 Å². The highest BCUT2D eigenvalue weighted by Gasteiger charge is 2.20. The number of hydrogen-bond acceptors (Lipinski definition) is 8. The van der Waals surface area contributed by atoms with Gasteiger partial charge in [-0.1, -0.05) is 23.7 Å². The van der Waals surface area contributed by atoms with Crippen molar-refractivity contribution >= 4 is 35.5 Å². The molecule has 2 N–H and O–H groups in total. The molecule has 0 radical (unpaired) electrons. The molecule has 3 aromatic rings. The fourth-order valence-electron chi connectivity index (χ4n) is 3.21. The standard InChI is InChI=1S/C25H24ClN5O3S/c1-15(32)13-34-18-6-4-17(5-7-18)22-19(11-27)25(31-23(26)20(22)12-28-2)35-14-16-8-9-30-21(10-16)24(33)29-3/h4-10,12,15,32H,13-14H2,1-3H3,(H,29,33). The quantitative estimate of drug-likeness (QED) is 0.253. The minimum Gasteiger partial charge on any atom is -0.491 e. The topological polar surface area (TPSA) is 120 Å². The number of thioether (sulfide) groups is 1. The summed E-state index contributed by atoms with van der Waals surface area (Å²) in [6.45, 7) is 1.82. The third kappa shape index (κ3) is 6.57. The Labute approximate surface area is 213 Å². The maximum absolute atomic E-state index is 11.9. The zero-order valence-electron chi connectivity index (χ0n) is 19.4. The van der Waals surface area contributed by atoms with Crippen LogP contribution in [0.5, 0.6) is 5.75 Å². The average molecular weight is 510 g/mol. The molecule has 10 heteroatoms. The van der Waals surface area contributed by atoms with Gasteiger partial charge in [0.15, 0.2) is 0 Å². The Balaban J connectivity index is 1.99. The van der Waals surface area contributed by atoms with Crippen molar-refractivity contribution in [3.8, 4) is 22.9 Å². The van der Waals surface area contributed by atoms with E-state index in [2.05, 4.69) is 26.3 Å². The van der Waals surface area contributed by atoms with E-state index in [-0.39, 0.29) is 17.7 Å². The zero-order chi connectivity index (χ0) is 25.4. The van der Waals surface area contributed by atoms with Gasteiger partial charge in [0.1, 0.15) is 34.3 Å². The van der Waals surface area contributed by atoms with Gasteiger partial charge in [-0.3, -0.25) is 14.8 Å². The van der Waals surface area contributed by atoms with Gasteiger partial charge in [-0.2, -0.15) is 5.26 Å². The number of nitrogens with one attached hydrogen (secondary N) is 1. The summed E-state index contributed by atoms with van der Waals surface area (Å²) in [6.07, 6.45) is 2.56. The molecule has 1 aromatic carbocycles. The van der Waals surface area contributed by atoms with Gasteiger partial charge in [0.25, 0.3) is 5.91 Å². The lowest BCUT2D eigenvalue weighted by molar-refractivity contribution is 0.0958. The first-order valence-electron chi connectivity index (χ1n) is 10.6. The number of nitrogens with zero attached hydrogens (tertiary/aromatic N) is 4. The number of aliphatic imine (C=N–C) groups is 1. The van der Waals surface area contributed by atoms with Gasteiger partial charge in [-0.25, -0.2) is 4.98 Å². The summed E-state index contributed by atoms with van der Waals surface area (Å²) >= 11 is 7.88. The Morgan fingerprint density at radius 2 is 2.11 bits per heavy atom. The van der Waals surface area contributed by atoms with Crippen molar-refractivity contribution in [3.63, 3.8) is 0 Å². The maximum Gasteiger partial charge on any atom is 0.269 e. The number of benzene rings is 1.